The number of methoxy groups -OCH3 is 1. The Labute approximate surface area is 177 Å². The fourth-order valence-electron chi connectivity index (χ4n) is 2.40. The number of nitrogens with zero attached hydrogens (tertiary/aromatic N) is 2. The van der Waals surface area contributed by atoms with Crippen LogP contribution in [0.3, 0.4) is 0 Å². The number of nitriles is 1. The van der Waals surface area contributed by atoms with Crippen LogP contribution in [-0.2, 0) is 14.3 Å². The van der Waals surface area contributed by atoms with Crippen molar-refractivity contribution >= 4 is 47.4 Å². The quantitative estimate of drug-likeness (QED) is 0.301. The molecule has 4 N–H and O–H groups in total. The van der Waals surface area contributed by atoms with Gasteiger partial charge in [-0.3, -0.25) is 9.79 Å². The van der Waals surface area contributed by atoms with Crippen LogP contribution in [0.15, 0.2) is 35.3 Å². The lowest BCUT2D eigenvalue weighted by Gasteiger charge is -2.15. The van der Waals surface area contributed by atoms with Gasteiger partial charge >= 0.3 is 12.0 Å². The first-order valence-electron chi connectivity index (χ1n) is 8.70. The fourth-order valence-corrected chi connectivity index (χ4v) is 2.40. The van der Waals surface area contributed by atoms with E-state index in [1.807, 2.05) is 6.07 Å². The number of hydrogen-bond donors (Lipinski definition) is 4. The minimum atomic E-state index is -0.732. The number of aliphatic imine (C=N–C) groups is 1. The van der Waals surface area contributed by atoms with Crippen molar-refractivity contribution in [2.45, 2.75) is 6.92 Å². The van der Waals surface area contributed by atoms with Crippen molar-refractivity contribution in [2.24, 2.45) is 4.99 Å². The Bertz CT molecular complexity index is 1080. The summed E-state index contributed by atoms with van der Waals surface area (Å²) in [6.45, 7) is 4.16. The lowest BCUT2D eigenvalue weighted by molar-refractivity contribution is -0.142. The fraction of sp³-hybridized carbons (Fsp3) is 0.150. The molecule has 0 unspecified atom stereocenters. The van der Waals surface area contributed by atoms with Crippen molar-refractivity contribution in [3.63, 3.8) is 0 Å². The summed E-state index contributed by atoms with van der Waals surface area (Å²) in [5, 5.41) is 26.7. The van der Waals surface area contributed by atoms with Gasteiger partial charge in [-0.2, -0.15) is 5.26 Å². The van der Waals surface area contributed by atoms with Crippen LogP contribution >= 0.6 is 0 Å². The molecular weight excluding hydrogens is 406 g/mol. The molecule has 0 heterocycles. The second-order valence-electron chi connectivity index (χ2n) is 5.99. The number of carbonyl (C=O) groups excluding carboxylic acids is 3. The highest BCUT2D eigenvalue weighted by Crippen LogP contribution is 2.36. The van der Waals surface area contributed by atoms with E-state index in [4.69, 9.17) is 10.00 Å². The molecule has 2 aromatic rings. The third kappa shape index (κ3) is 6.20. The molecule has 2 rings (SSSR count). The minimum absolute atomic E-state index is 0.0156. The van der Waals surface area contributed by atoms with E-state index in [1.54, 1.807) is 0 Å². The molecule has 11 nitrogen and oxygen atoms in total. The van der Waals surface area contributed by atoms with Gasteiger partial charge in [-0.1, -0.05) is 0 Å². The van der Waals surface area contributed by atoms with Gasteiger partial charge in [0.25, 0.3) is 0 Å². The first kappa shape index (κ1) is 22.7. The Kier molecular flexibility index (Phi) is 7.51. The molecule has 0 aliphatic carbocycles. The van der Waals surface area contributed by atoms with Gasteiger partial charge in [0.1, 0.15) is 17.6 Å². The highest BCUT2D eigenvalue weighted by atomic mass is 16.6. The van der Waals surface area contributed by atoms with Gasteiger partial charge in [-0.25, -0.2) is 9.59 Å². The van der Waals surface area contributed by atoms with Crippen LogP contribution in [-0.4, -0.2) is 43.4 Å². The van der Waals surface area contributed by atoms with E-state index in [9.17, 15) is 19.5 Å². The SMILES string of the molecule is C=Nc1ccc(NC(=O)Nc2cc(OCC(=O)OC)c(NC(C)=O)cc2O)cc1C#N. The second kappa shape index (κ2) is 10.3. The van der Waals surface area contributed by atoms with Crippen molar-refractivity contribution < 1.29 is 29.0 Å². The lowest BCUT2D eigenvalue weighted by atomic mass is 10.2. The van der Waals surface area contributed by atoms with Crippen molar-refractivity contribution in [3.05, 3.63) is 35.9 Å². The average Bonchev–Trinajstić information content (AvgIpc) is 2.73. The standard InChI is InChI=1S/C20H19N5O6/c1-11(26)23-16-7-17(27)15(8-18(16)31-10-19(28)30-3)25-20(29)24-13-4-5-14(22-2)12(6-13)9-21/h4-8,27H,2,10H2,1,3H3,(H,23,26)(H2,24,25,29). The Hall–Kier alpha value is -4.59. The third-order valence-electron chi connectivity index (χ3n) is 3.78. The Morgan fingerprint density at radius 3 is 2.52 bits per heavy atom. The maximum atomic E-state index is 12.3. The highest BCUT2D eigenvalue weighted by molar-refractivity contribution is 6.02. The van der Waals surface area contributed by atoms with Crippen molar-refractivity contribution in [1.82, 2.24) is 0 Å². The molecule has 31 heavy (non-hydrogen) atoms. The predicted molar refractivity (Wildman–Crippen MR) is 113 cm³/mol. The number of benzene rings is 2. The van der Waals surface area contributed by atoms with E-state index < -0.39 is 24.5 Å². The van der Waals surface area contributed by atoms with Crippen LogP contribution in [0.2, 0.25) is 0 Å². The zero-order valence-electron chi connectivity index (χ0n) is 16.7. The summed E-state index contributed by atoms with van der Waals surface area (Å²) in [6, 6.07) is 8.04. The van der Waals surface area contributed by atoms with Crippen LogP contribution in [0.25, 0.3) is 0 Å². The predicted octanol–water partition coefficient (Wildman–Crippen LogP) is 2.75. The van der Waals surface area contributed by atoms with Crippen LogP contribution in [0.1, 0.15) is 12.5 Å². The molecule has 0 spiro atoms. The molecule has 0 atom stereocenters. The summed E-state index contributed by atoms with van der Waals surface area (Å²) in [5.74, 6) is -1.46. The number of urea groups is 1. The smallest absolute Gasteiger partial charge is 0.343 e. The maximum absolute atomic E-state index is 12.3. The van der Waals surface area contributed by atoms with Gasteiger partial charge in [0.05, 0.1) is 29.7 Å². The average molecular weight is 425 g/mol. The van der Waals surface area contributed by atoms with Crippen LogP contribution < -0.4 is 20.7 Å². The normalized spacial score (nSPS) is 9.71. The largest absolute Gasteiger partial charge is 0.506 e. The number of aromatic hydroxyl groups is 1. The van der Waals surface area contributed by atoms with Crippen molar-refractivity contribution in [2.75, 3.05) is 29.7 Å². The first-order chi connectivity index (χ1) is 14.8. The number of carbonyl (C=O) groups is 3. The van der Waals surface area contributed by atoms with Gasteiger partial charge < -0.3 is 30.5 Å². The minimum Gasteiger partial charge on any atom is -0.506 e. The molecule has 11 heteroatoms. The summed E-state index contributed by atoms with van der Waals surface area (Å²) < 4.78 is 9.82. The van der Waals surface area contributed by atoms with E-state index in [1.165, 1.54) is 38.3 Å². The maximum Gasteiger partial charge on any atom is 0.343 e. The first-order valence-corrected chi connectivity index (χ1v) is 8.70. The molecular formula is C20H19N5O6. The summed E-state index contributed by atoms with van der Waals surface area (Å²) in [5.41, 5.74) is 0.918. The van der Waals surface area contributed by atoms with E-state index in [2.05, 4.69) is 32.4 Å². The number of esters is 1. The molecule has 0 fully saturated rings. The van der Waals surface area contributed by atoms with E-state index in [-0.39, 0.29) is 28.4 Å². The summed E-state index contributed by atoms with van der Waals surface area (Å²) >= 11 is 0. The van der Waals surface area contributed by atoms with E-state index in [0.717, 1.165) is 6.07 Å². The zero-order valence-corrected chi connectivity index (χ0v) is 16.7. The molecule has 0 aliphatic rings. The van der Waals surface area contributed by atoms with Gasteiger partial charge in [0.15, 0.2) is 6.61 Å². The number of nitrogens with one attached hydrogen (secondary N) is 3. The van der Waals surface area contributed by atoms with Gasteiger partial charge in [-0.05, 0) is 24.9 Å². The van der Waals surface area contributed by atoms with Crippen molar-refractivity contribution in [3.8, 4) is 17.6 Å². The molecule has 0 aliphatic heterocycles. The Morgan fingerprint density at radius 2 is 1.90 bits per heavy atom. The molecule has 0 aromatic heterocycles. The monoisotopic (exact) mass is 425 g/mol. The number of phenolic OH excluding ortho intramolecular Hbond substituents is 1. The topological polar surface area (TPSA) is 162 Å². The summed E-state index contributed by atoms with van der Waals surface area (Å²) in [7, 11) is 1.18. The molecule has 160 valence electrons. The number of hydrogen-bond acceptors (Lipinski definition) is 8. The van der Waals surface area contributed by atoms with E-state index >= 15 is 0 Å². The molecule has 0 radical (unpaired) electrons. The van der Waals surface area contributed by atoms with Crippen LogP contribution in [0.5, 0.6) is 11.5 Å². The number of phenols is 1. The molecule has 0 bridgehead atoms. The number of amides is 3. The molecule has 0 saturated carbocycles. The van der Waals surface area contributed by atoms with Gasteiger partial charge in [0.2, 0.25) is 5.91 Å². The lowest BCUT2D eigenvalue weighted by Crippen LogP contribution is -2.20. The molecule has 0 saturated heterocycles. The number of ether oxygens (including phenoxy) is 2. The summed E-state index contributed by atoms with van der Waals surface area (Å²) in [4.78, 5) is 38.8. The third-order valence-corrected chi connectivity index (χ3v) is 3.78. The molecule has 2 aromatic carbocycles. The van der Waals surface area contributed by atoms with Gasteiger partial charge in [-0.15, -0.1) is 0 Å². The zero-order chi connectivity index (χ0) is 23.0. The highest BCUT2D eigenvalue weighted by Gasteiger charge is 2.16. The Balaban J connectivity index is 2.23. The molecule has 3 amide bonds. The number of rotatable bonds is 7. The summed E-state index contributed by atoms with van der Waals surface area (Å²) in [6.07, 6.45) is 0. The van der Waals surface area contributed by atoms with Crippen molar-refractivity contribution in [1.29, 1.82) is 5.26 Å². The van der Waals surface area contributed by atoms with E-state index in [0.29, 0.717) is 11.4 Å². The van der Waals surface area contributed by atoms with Crippen LogP contribution in [0.4, 0.5) is 27.5 Å². The van der Waals surface area contributed by atoms with Crippen LogP contribution in [0, 0.1) is 11.3 Å². The number of anilines is 3. The second-order valence-corrected chi connectivity index (χ2v) is 5.99. The van der Waals surface area contributed by atoms with Gasteiger partial charge in [0, 0.05) is 24.7 Å². The Morgan fingerprint density at radius 1 is 1.16 bits per heavy atom.